The summed E-state index contributed by atoms with van der Waals surface area (Å²) in [4.78, 5) is 0. The van der Waals surface area contributed by atoms with Crippen LogP contribution in [0.2, 0.25) is 0 Å². The zero-order valence-electron chi connectivity index (χ0n) is 10.9. The van der Waals surface area contributed by atoms with Gasteiger partial charge in [-0.05, 0) is 36.0 Å². The van der Waals surface area contributed by atoms with Gasteiger partial charge >= 0.3 is 0 Å². The molecule has 17 heavy (non-hydrogen) atoms. The number of halogens is 2. The molecule has 0 aromatic heterocycles. The molecule has 0 saturated heterocycles. The molecule has 0 aromatic carbocycles. The van der Waals surface area contributed by atoms with Gasteiger partial charge in [-0.2, -0.15) is 0 Å². The first-order valence-electron chi connectivity index (χ1n) is 6.43. The Balaban J connectivity index is 2.05. The molecule has 3 atom stereocenters. The van der Waals surface area contributed by atoms with Crippen molar-refractivity contribution in [1.29, 1.82) is 0 Å². The van der Waals surface area contributed by atoms with Gasteiger partial charge in [-0.1, -0.05) is 20.8 Å². The summed E-state index contributed by atoms with van der Waals surface area (Å²) in [5.74, 6) is -2.36. The van der Waals surface area contributed by atoms with Crippen molar-refractivity contribution in [1.82, 2.24) is 5.32 Å². The number of nitrogens with one attached hydrogen (secondary N) is 1. The van der Waals surface area contributed by atoms with Gasteiger partial charge in [0.2, 0.25) is 0 Å². The van der Waals surface area contributed by atoms with Gasteiger partial charge in [0, 0.05) is 6.04 Å². The largest absolute Gasteiger partial charge is 0.390 e. The molecule has 0 amide bonds. The average molecular weight is 247 g/mol. The van der Waals surface area contributed by atoms with Crippen LogP contribution in [0.25, 0.3) is 0 Å². The molecule has 0 spiro atoms. The van der Waals surface area contributed by atoms with Crippen molar-refractivity contribution >= 4 is 0 Å². The number of alkyl halides is 2. The number of fused-ring (bicyclic) bond motifs is 2. The van der Waals surface area contributed by atoms with Crippen molar-refractivity contribution in [2.45, 2.75) is 52.0 Å². The number of aliphatic hydroxyl groups excluding tert-OH is 1. The Morgan fingerprint density at radius 2 is 2.00 bits per heavy atom. The van der Waals surface area contributed by atoms with Crippen LogP contribution in [0.5, 0.6) is 0 Å². The summed E-state index contributed by atoms with van der Waals surface area (Å²) in [5.41, 5.74) is 0.234. The summed E-state index contributed by atoms with van der Waals surface area (Å²) >= 11 is 0. The van der Waals surface area contributed by atoms with Crippen molar-refractivity contribution < 1.29 is 13.9 Å². The van der Waals surface area contributed by atoms with Gasteiger partial charge in [-0.15, -0.1) is 0 Å². The zero-order chi connectivity index (χ0) is 12.9. The number of rotatable bonds is 4. The highest BCUT2D eigenvalue weighted by Gasteiger charge is 2.59. The lowest BCUT2D eigenvalue weighted by molar-refractivity contribution is -0.0561. The fraction of sp³-hybridized carbons (Fsp3) is 1.00. The summed E-state index contributed by atoms with van der Waals surface area (Å²) in [6, 6.07) is 0.131. The fourth-order valence-corrected chi connectivity index (χ4v) is 4.12. The van der Waals surface area contributed by atoms with E-state index in [0.717, 1.165) is 12.8 Å². The van der Waals surface area contributed by atoms with Crippen LogP contribution in [-0.2, 0) is 0 Å². The Morgan fingerprint density at radius 1 is 1.35 bits per heavy atom. The Kier molecular flexibility index (Phi) is 3.02. The molecule has 2 bridgehead atoms. The van der Waals surface area contributed by atoms with Gasteiger partial charge < -0.3 is 10.4 Å². The fourth-order valence-electron chi connectivity index (χ4n) is 4.12. The smallest absolute Gasteiger partial charge is 0.282 e. The quantitative estimate of drug-likeness (QED) is 0.799. The van der Waals surface area contributed by atoms with E-state index in [1.165, 1.54) is 6.42 Å². The maximum atomic E-state index is 13.1. The molecule has 2 fully saturated rings. The minimum atomic E-state index is -3.01. The van der Waals surface area contributed by atoms with Gasteiger partial charge in [0.05, 0.1) is 6.54 Å². The SMILES string of the molecule is CC1(C)C(NCC(F)(F)CO)[C@]2(C)CC[C@H]1C2. The van der Waals surface area contributed by atoms with Crippen LogP contribution in [0, 0.1) is 16.7 Å². The lowest BCUT2D eigenvalue weighted by Gasteiger charge is -2.43. The van der Waals surface area contributed by atoms with Crippen molar-refractivity contribution in [3.8, 4) is 0 Å². The Morgan fingerprint density at radius 3 is 2.47 bits per heavy atom. The first kappa shape index (κ1) is 13.2. The number of aliphatic hydroxyl groups is 1. The lowest BCUT2D eigenvalue weighted by Crippen LogP contribution is -2.53. The third kappa shape index (κ3) is 2.10. The van der Waals surface area contributed by atoms with Crippen molar-refractivity contribution in [2.24, 2.45) is 16.7 Å². The molecule has 2 aliphatic rings. The van der Waals surface area contributed by atoms with Gasteiger partial charge in [-0.25, -0.2) is 8.78 Å². The van der Waals surface area contributed by atoms with Crippen LogP contribution < -0.4 is 5.32 Å². The molecule has 2 rings (SSSR count). The molecule has 0 heterocycles. The maximum absolute atomic E-state index is 13.1. The molecule has 2 N–H and O–H groups in total. The topological polar surface area (TPSA) is 32.3 Å². The molecule has 2 aliphatic carbocycles. The van der Waals surface area contributed by atoms with E-state index in [9.17, 15) is 8.78 Å². The first-order valence-corrected chi connectivity index (χ1v) is 6.43. The molecule has 0 radical (unpaired) electrons. The van der Waals surface area contributed by atoms with E-state index in [-0.39, 0.29) is 16.9 Å². The molecule has 0 aliphatic heterocycles. The van der Waals surface area contributed by atoms with Gasteiger partial charge in [0.15, 0.2) is 0 Å². The number of hydrogen-bond acceptors (Lipinski definition) is 2. The summed E-state index contributed by atoms with van der Waals surface area (Å²) in [5, 5.41) is 11.6. The van der Waals surface area contributed by atoms with Crippen LogP contribution in [-0.4, -0.2) is 30.2 Å². The van der Waals surface area contributed by atoms with Crippen molar-refractivity contribution in [3.05, 3.63) is 0 Å². The molecular formula is C13H23F2NO. The predicted octanol–water partition coefficient (Wildman–Crippen LogP) is 2.42. The van der Waals surface area contributed by atoms with Crippen LogP contribution in [0.3, 0.4) is 0 Å². The minimum Gasteiger partial charge on any atom is -0.390 e. The maximum Gasteiger partial charge on any atom is 0.282 e. The van der Waals surface area contributed by atoms with E-state index in [2.05, 4.69) is 26.1 Å². The summed E-state index contributed by atoms with van der Waals surface area (Å²) in [6.45, 7) is 5.07. The lowest BCUT2D eigenvalue weighted by atomic mass is 9.68. The Labute approximate surface area is 102 Å². The van der Waals surface area contributed by atoms with Gasteiger partial charge in [0.25, 0.3) is 5.92 Å². The predicted molar refractivity (Wildman–Crippen MR) is 63.1 cm³/mol. The first-order chi connectivity index (χ1) is 7.71. The van der Waals surface area contributed by atoms with E-state index < -0.39 is 19.1 Å². The molecule has 4 heteroatoms. The highest BCUT2D eigenvalue weighted by atomic mass is 19.3. The average Bonchev–Trinajstić information content (AvgIpc) is 2.68. The second kappa shape index (κ2) is 3.89. The Hall–Kier alpha value is -0.220. The van der Waals surface area contributed by atoms with Gasteiger partial charge in [-0.3, -0.25) is 0 Å². The number of hydrogen-bond donors (Lipinski definition) is 2. The Bertz CT molecular complexity index is 301. The third-order valence-electron chi connectivity index (χ3n) is 5.07. The van der Waals surface area contributed by atoms with E-state index in [1.807, 2.05) is 0 Å². The van der Waals surface area contributed by atoms with Crippen LogP contribution in [0.1, 0.15) is 40.0 Å². The molecule has 2 saturated carbocycles. The highest BCUT2D eigenvalue weighted by Crippen LogP contribution is 2.62. The third-order valence-corrected chi connectivity index (χ3v) is 5.07. The van der Waals surface area contributed by atoms with E-state index in [0.29, 0.717) is 5.92 Å². The van der Waals surface area contributed by atoms with Crippen molar-refractivity contribution in [3.63, 3.8) is 0 Å². The summed E-state index contributed by atoms with van der Waals surface area (Å²) < 4.78 is 26.2. The summed E-state index contributed by atoms with van der Waals surface area (Å²) in [7, 11) is 0. The van der Waals surface area contributed by atoms with Crippen molar-refractivity contribution in [2.75, 3.05) is 13.2 Å². The molecule has 1 unspecified atom stereocenters. The second-order valence-electron chi connectivity index (χ2n) is 6.74. The molecular weight excluding hydrogens is 224 g/mol. The zero-order valence-corrected chi connectivity index (χ0v) is 10.9. The van der Waals surface area contributed by atoms with Gasteiger partial charge in [0.1, 0.15) is 6.61 Å². The normalized spacial score (nSPS) is 39.9. The minimum absolute atomic E-state index is 0.0819. The highest BCUT2D eigenvalue weighted by molar-refractivity contribution is 5.12. The second-order valence-corrected chi connectivity index (χ2v) is 6.74. The van der Waals surface area contributed by atoms with Crippen LogP contribution >= 0.6 is 0 Å². The molecule has 2 nitrogen and oxygen atoms in total. The van der Waals surface area contributed by atoms with Crippen LogP contribution in [0.15, 0.2) is 0 Å². The molecule has 0 aromatic rings. The summed E-state index contributed by atoms with van der Waals surface area (Å²) in [6.07, 6.45) is 3.49. The van der Waals surface area contributed by atoms with E-state index in [1.54, 1.807) is 0 Å². The van der Waals surface area contributed by atoms with E-state index in [4.69, 9.17) is 5.11 Å². The monoisotopic (exact) mass is 247 g/mol. The van der Waals surface area contributed by atoms with Crippen LogP contribution in [0.4, 0.5) is 8.78 Å². The molecule has 100 valence electrons. The standard InChI is InChI=1S/C13H23F2NO/c1-11(2)9-4-5-12(3,6-9)10(11)16-7-13(14,15)8-17/h9-10,16-17H,4-8H2,1-3H3/t9-,10?,12+/m0/s1. The van der Waals surface area contributed by atoms with E-state index >= 15 is 0 Å².